The third-order valence-electron chi connectivity index (χ3n) is 4.01. The van der Waals surface area contributed by atoms with Crippen LogP contribution in [0.4, 0.5) is 0 Å². The summed E-state index contributed by atoms with van der Waals surface area (Å²) in [4.78, 5) is 2.57. The van der Waals surface area contributed by atoms with Crippen molar-refractivity contribution in [3.63, 3.8) is 0 Å². The summed E-state index contributed by atoms with van der Waals surface area (Å²) in [5.41, 5.74) is 2.41. The highest BCUT2D eigenvalue weighted by molar-refractivity contribution is 9.10. The van der Waals surface area contributed by atoms with Crippen molar-refractivity contribution in [2.75, 3.05) is 19.6 Å². The molecule has 0 bridgehead atoms. The summed E-state index contributed by atoms with van der Waals surface area (Å²) < 4.78 is 3.31. The molecule has 20 heavy (non-hydrogen) atoms. The second kappa shape index (κ2) is 7.57. The number of hydrogen-bond donors (Lipinski definition) is 1. The normalized spacial score (nSPS) is 19.1. The van der Waals surface area contributed by atoms with Crippen LogP contribution in [0.1, 0.15) is 44.5 Å². The maximum Gasteiger partial charge on any atom is 0.0739 e. The highest BCUT2D eigenvalue weighted by atomic mass is 79.9. The molecule has 0 radical (unpaired) electrons. The molecule has 1 aromatic rings. The largest absolute Gasteiger partial charge is 0.313 e. The van der Waals surface area contributed by atoms with Crippen molar-refractivity contribution < 1.29 is 0 Å². The van der Waals surface area contributed by atoms with E-state index in [0.717, 1.165) is 31.9 Å². The first-order valence-electron chi connectivity index (χ1n) is 7.83. The Morgan fingerprint density at radius 3 is 2.85 bits per heavy atom. The molecule has 1 aliphatic rings. The molecular weight excluding hydrogens is 316 g/mol. The van der Waals surface area contributed by atoms with Gasteiger partial charge in [0.15, 0.2) is 0 Å². The lowest BCUT2D eigenvalue weighted by atomic mass is 10.2. The molecule has 1 fully saturated rings. The lowest BCUT2D eigenvalue weighted by Gasteiger charge is -2.25. The number of hydrogen-bond acceptors (Lipinski definition) is 3. The van der Waals surface area contributed by atoms with Crippen LogP contribution in [0.5, 0.6) is 0 Å². The fraction of sp³-hybridized carbons (Fsp3) is 0.800. The lowest BCUT2D eigenvalue weighted by Crippen LogP contribution is -2.38. The molecule has 1 aromatic heterocycles. The van der Waals surface area contributed by atoms with E-state index in [1.54, 1.807) is 0 Å². The summed E-state index contributed by atoms with van der Waals surface area (Å²) in [5, 5.41) is 8.21. The molecule has 1 aliphatic heterocycles. The van der Waals surface area contributed by atoms with Crippen molar-refractivity contribution in [1.29, 1.82) is 0 Å². The van der Waals surface area contributed by atoms with Gasteiger partial charge >= 0.3 is 0 Å². The quantitative estimate of drug-likeness (QED) is 0.826. The van der Waals surface area contributed by atoms with Crippen LogP contribution in [0, 0.1) is 6.92 Å². The maximum absolute atomic E-state index is 4.60. The van der Waals surface area contributed by atoms with Crippen molar-refractivity contribution in [2.24, 2.45) is 0 Å². The molecule has 114 valence electrons. The number of nitrogens with one attached hydrogen (secondary N) is 1. The highest BCUT2D eigenvalue weighted by Crippen LogP contribution is 2.23. The van der Waals surface area contributed by atoms with Crippen molar-refractivity contribution in [3.8, 4) is 0 Å². The van der Waals surface area contributed by atoms with Gasteiger partial charge in [-0.05, 0) is 62.1 Å². The molecule has 1 atom stereocenters. The van der Waals surface area contributed by atoms with Crippen LogP contribution in [0.3, 0.4) is 0 Å². The van der Waals surface area contributed by atoms with Crippen LogP contribution in [0.15, 0.2) is 4.47 Å². The van der Waals surface area contributed by atoms with Crippen molar-refractivity contribution in [1.82, 2.24) is 20.0 Å². The Balaban J connectivity index is 2.06. The SMILES string of the molecule is CCCN(Cc1c(Br)c(C)nn1CC)CC1CCCN1. The van der Waals surface area contributed by atoms with Gasteiger partial charge < -0.3 is 5.32 Å². The number of nitrogens with zero attached hydrogens (tertiary/aromatic N) is 3. The van der Waals surface area contributed by atoms with E-state index >= 15 is 0 Å². The summed E-state index contributed by atoms with van der Waals surface area (Å²) >= 11 is 3.71. The van der Waals surface area contributed by atoms with E-state index in [1.165, 1.54) is 36.0 Å². The molecule has 5 heteroatoms. The summed E-state index contributed by atoms with van der Waals surface area (Å²) in [5.74, 6) is 0. The number of halogens is 1. The van der Waals surface area contributed by atoms with Gasteiger partial charge in [-0.15, -0.1) is 0 Å². The van der Waals surface area contributed by atoms with Gasteiger partial charge in [0.1, 0.15) is 0 Å². The molecule has 0 amide bonds. The average molecular weight is 343 g/mol. The average Bonchev–Trinajstić information content (AvgIpc) is 3.02. The molecule has 0 spiro atoms. The zero-order valence-electron chi connectivity index (χ0n) is 13.0. The Kier molecular flexibility index (Phi) is 6.05. The van der Waals surface area contributed by atoms with E-state index < -0.39 is 0 Å². The first kappa shape index (κ1) is 16.0. The second-order valence-corrected chi connectivity index (χ2v) is 6.48. The van der Waals surface area contributed by atoms with E-state index in [0.29, 0.717) is 6.04 Å². The van der Waals surface area contributed by atoms with E-state index in [1.807, 2.05) is 0 Å². The Labute approximate surface area is 131 Å². The fourth-order valence-corrected chi connectivity index (χ4v) is 3.42. The Morgan fingerprint density at radius 2 is 2.25 bits per heavy atom. The highest BCUT2D eigenvalue weighted by Gasteiger charge is 2.20. The molecule has 2 rings (SSSR count). The van der Waals surface area contributed by atoms with Gasteiger partial charge in [0.25, 0.3) is 0 Å². The Morgan fingerprint density at radius 1 is 1.45 bits per heavy atom. The predicted octanol–water partition coefficient (Wildman–Crippen LogP) is 2.94. The monoisotopic (exact) mass is 342 g/mol. The molecule has 1 saturated heterocycles. The molecule has 0 aromatic carbocycles. The number of rotatable bonds is 7. The van der Waals surface area contributed by atoms with Gasteiger partial charge in [0.2, 0.25) is 0 Å². The van der Waals surface area contributed by atoms with Crippen LogP contribution in [0.2, 0.25) is 0 Å². The van der Waals surface area contributed by atoms with E-state index in [2.05, 4.69) is 56.7 Å². The van der Waals surface area contributed by atoms with Crippen LogP contribution in [-0.4, -0.2) is 40.4 Å². The number of aryl methyl sites for hydroxylation is 2. The van der Waals surface area contributed by atoms with Gasteiger partial charge in [0, 0.05) is 25.7 Å². The smallest absolute Gasteiger partial charge is 0.0739 e. The zero-order valence-corrected chi connectivity index (χ0v) is 14.5. The second-order valence-electron chi connectivity index (χ2n) is 5.69. The minimum atomic E-state index is 0.666. The van der Waals surface area contributed by atoms with E-state index in [-0.39, 0.29) is 0 Å². The fourth-order valence-electron chi connectivity index (χ4n) is 3.01. The first-order chi connectivity index (χ1) is 9.65. The number of aromatic nitrogens is 2. The van der Waals surface area contributed by atoms with Gasteiger partial charge in [-0.2, -0.15) is 5.10 Å². The first-order valence-corrected chi connectivity index (χ1v) is 8.62. The zero-order chi connectivity index (χ0) is 14.5. The van der Waals surface area contributed by atoms with E-state index in [9.17, 15) is 0 Å². The van der Waals surface area contributed by atoms with Crippen LogP contribution < -0.4 is 5.32 Å². The Hall–Kier alpha value is -0.390. The van der Waals surface area contributed by atoms with Gasteiger partial charge in [-0.1, -0.05) is 6.92 Å². The van der Waals surface area contributed by atoms with Gasteiger partial charge in [0.05, 0.1) is 15.9 Å². The predicted molar refractivity (Wildman–Crippen MR) is 86.9 cm³/mol. The minimum absolute atomic E-state index is 0.666. The van der Waals surface area contributed by atoms with Crippen molar-refractivity contribution in [2.45, 2.75) is 59.2 Å². The molecular formula is C15H27BrN4. The van der Waals surface area contributed by atoms with Crippen LogP contribution >= 0.6 is 15.9 Å². The van der Waals surface area contributed by atoms with Crippen LogP contribution in [-0.2, 0) is 13.1 Å². The Bertz CT molecular complexity index is 424. The van der Waals surface area contributed by atoms with Crippen molar-refractivity contribution >= 4 is 15.9 Å². The standard InChI is InChI=1S/C15H27BrN4/c1-4-9-19(10-13-7-6-8-17-13)11-14-15(16)12(3)18-20(14)5-2/h13,17H,4-11H2,1-3H3. The molecule has 0 aliphatic carbocycles. The van der Waals surface area contributed by atoms with E-state index in [4.69, 9.17) is 0 Å². The molecule has 1 N–H and O–H groups in total. The van der Waals surface area contributed by atoms with Crippen LogP contribution in [0.25, 0.3) is 0 Å². The summed E-state index contributed by atoms with van der Waals surface area (Å²) in [6, 6.07) is 0.666. The summed E-state index contributed by atoms with van der Waals surface area (Å²) in [6.07, 6.45) is 3.83. The topological polar surface area (TPSA) is 33.1 Å². The van der Waals surface area contributed by atoms with Crippen molar-refractivity contribution in [3.05, 3.63) is 15.9 Å². The minimum Gasteiger partial charge on any atom is -0.313 e. The molecule has 4 nitrogen and oxygen atoms in total. The molecule has 1 unspecified atom stereocenters. The maximum atomic E-state index is 4.60. The van der Waals surface area contributed by atoms with Gasteiger partial charge in [-0.25, -0.2) is 0 Å². The molecule has 2 heterocycles. The third kappa shape index (κ3) is 3.83. The van der Waals surface area contributed by atoms with Gasteiger partial charge in [-0.3, -0.25) is 9.58 Å². The summed E-state index contributed by atoms with van der Waals surface area (Å²) in [6.45, 7) is 11.9. The summed E-state index contributed by atoms with van der Waals surface area (Å²) in [7, 11) is 0. The third-order valence-corrected chi connectivity index (χ3v) is 5.04. The lowest BCUT2D eigenvalue weighted by molar-refractivity contribution is 0.234. The molecule has 0 saturated carbocycles.